The molecular formula is C2H8O6P2S2. The Bertz CT molecular complexity index is 91.5. The van der Waals surface area contributed by atoms with Gasteiger partial charge in [-0.15, -0.1) is 0 Å². The smallest absolute Gasteiger partial charge is 0.327 e. The van der Waals surface area contributed by atoms with E-state index in [4.69, 9.17) is 19.6 Å². The van der Waals surface area contributed by atoms with Crippen LogP contribution in [-0.2, 0) is 9.05 Å². The number of hydrogen-bond acceptors (Lipinski definition) is 8. The van der Waals surface area contributed by atoms with Crippen molar-refractivity contribution in [3.05, 3.63) is 0 Å². The molecule has 0 rings (SSSR count). The van der Waals surface area contributed by atoms with Crippen molar-refractivity contribution in [1.29, 1.82) is 0 Å². The van der Waals surface area contributed by atoms with E-state index in [9.17, 15) is 0 Å². The van der Waals surface area contributed by atoms with Crippen LogP contribution in [0.5, 0.6) is 0 Å². The Morgan fingerprint density at radius 3 is 1.42 bits per heavy atom. The first-order valence-electron chi connectivity index (χ1n) is 2.49. The fourth-order valence-electron chi connectivity index (χ4n) is 0.205. The predicted octanol–water partition coefficient (Wildman–Crippen LogP) is 0.739. The predicted molar refractivity (Wildman–Crippen MR) is 49.8 cm³/mol. The fourth-order valence-corrected chi connectivity index (χ4v) is 2.62. The zero-order valence-electron chi connectivity index (χ0n) is 5.73. The van der Waals surface area contributed by atoms with Crippen molar-refractivity contribution < 1.29 is 28.6 Å². The summed E-state index contributed by atoms with van der Waals surface area (Å²) >= 11 is 0. The Morgan fingerprint density at radius 1 is 0.833 bits per heavy atom. The lowest BCUT2D eigenvalue weighted by molar-refractivity contribution is 0.297. The van der Waals surface area contributed by atoms with Crippen molar-refractivity contribution in [3.63, 3.8) is 0 Å². The molecule has 0 aromatic heterocycles. The van der Waals surface area contributed by atoms with Gasteiger partial charge in [0.05, 0.1) is 0 Å². The summed E-state index contributed by atoms with van der Waals surface area (Å²) in [6, 6.07) is 0. The zero-order valence-corrected chi connectivity index (χ0v) is 9.15. The first-order chi connectivity index (χ1) is 5.63. The third kappa shape index (κ3) is 11.3. The van der Waals surface area contributed by atoms with Gasteiger partial charge in [-0.1, -0.05) is 21.6 Å². The number of rotatable bonds is 7. The molecule has 0 aliphatic carbocycles. The van der Waals surface area contributed by atoms with Crippen molar-refractivity contribution >= 4 is 38.8 Å². The molecule has 0 unspecified atom stereocenters. The monoisotopic (exact) mass is 254 g/mol. The maximum Gasteiger partial charge on any atom is 0.327 e. The van der Waals surface area contributed by atoms with E-state index in [1.165, 1.54) is 21.6 Å². The van der Waals surface area contributed by atoms with Gasteiger partial charge in [0, 0.05) is 0 Å². The molecule has 0 aromatic rings. The molecule has 0 saturated carbocycles. The quantitative estimate of drug-likeness (QED) is 0.228. The molecule has 0 heterocycles. The molecule has 74 valence electrons. The van der Waals surface area contributed by atoms with Crippen LogP contribution < -0.4 is 0 Å². The van der Waals surface area contributed by atoms with E-state index >= 15 is 0 Å². The Labute approximate surface area is 79.7 Å². The molecule has 0 radical (unpaired) electrons. The van der Waals surface area contributed by atoms with Gasteiger partial charge in [0.1, 0.15) is 11.9 Å². The summed E-state index contributed by atoms with van der Waals surface area (Å²) in [5, 5.41) is 0. The molecule has 0 amide bonds. The third-order valence-corrected chi connectivity index (χ3v) is 3.26. The second-order valence-electron chi connectivity index (χ2n) is 1.24. The summed E-state index contributed by atoms with van der Waals surface area (Å²) in [4.78, 5) is 33.1. The average molecular weight is 254 g/mol. The van der Waals surface area contributed by atoms with Crippen LogP contribution in [0.25, 0.3) is 0 Å². The van der Waals surface area contributed by atoms with Crippen molar-refractivity contribution in [2.75, 3.05) is 11.9 Å². The Kier molecular flexibility index (Phi) is 9.88. The summed E-state index contributed by atoms with van der Waals surface area (Å²) in [5.41, 5.74) is 0. The van der Waals surface area contributed by atoms with Crippen LogP contribution in [-0.4, -0.2) is 31.5 Å². The van der Waals surface area contributed by atoms with E-state index in [1.807, 2.05) is 0 Å². The summed E-state index contributed by atoms with van der Waals surface area (Å²) in [7, 11) is -2.25. The molecule has 12 heavy (non-hydrogen) atoms. The lowest BCUT2D eigenvalue weighted by Gasteiger charge is -2.03. The van der Waals surface area contributed by atoms with Gasteiger partial charge in [0.25, 0.3) is 0 Å². The maximum atomic E-state index is 8.26. The van der Waals surface area contributed by atoms with Crippen molar-refractivity contribution in [1.82, 2.24) is 0 Å². The fraction of sp³-hybridized carbons (Fsp3) is 1.00. The summed E-state index contributed by atoms with van der Waals surface area (Å²) in [5.74, 6) is 0.225. The van der Waals surface area contributed by atoms with Crippen molar-refractivity contribution in [2.24, 2.45) is 0 Å². The van der Waals surface area contributed by atoms with E-state index in [0.717, 1.165) is 0 Å². The number of hydrogen-bond donors (Lipinski definition) is 4. The molecule has 0 aliphatic heterocycles. The Balaban J connectivity index is 2.91. The molecular weight excluding hydrogens is 246 g/mol. The minimum absolute atomic E-state index is 0.113. The molecule has 0 saturated heterocycles. The molecule has 0 aliphatic rings. The van der Waals surface area contributed by atoms with Gasteiger partial charge < -0.3 is 28.6 Å². The summed E-state index contributed by atoms with van der Waals surface area (Å²) in [6.45, 7) is 0. The first kappa shape index (κ1) is 13.3. The van der Waals surface area contributed by atoms with Crippen LogP contribution in [0.2, 0.25) is 0 Å². The van der Waals surface area contributed by atoms with Crippen molar-refractivity contribution in [3.8, 4) is 0 Å². The highest BCUT2D eigenvalue weighted by atomic mass is 33.1. The van der Waals surface area contributed by atoms with Gasteiger partial charge >= 0.3 is 17.2 Å². The summed E-state index contributed by atoms with van der Waals surface area (Å²) < 4.78 is 8.78. The van der Waals surface area contributed by atoms with Gasteiger partial charge in [-0.2, -0.15) is 0 Å². The van der Waals surface area contributed by atoms with Gasteiger partial charge in [0.2, 0.25) is 0 Å². The maximum absolute atomic E-state index is 8.26. The van der Waals surface area contributed by atoms with Crippen LogP contribution in [0.1, 0.15) is 0 Å². The van der Waals surface area contributed by atoms with E-state index in [0.29, 0.717) is 0 Å². The molecule has 0 bridgehead atoms. The molecule has 0 atom stereocenters. The lowest BCUT2D eigenvalue weighted by Crippen LogP contribution is -1.83. The molecule has 6 nitrogen and oxygen atoms in total. The Morgan fingerprint density at radius 2 is 1.17 bits per heavy atom. The van der Waals surface area contributed by atoms with Crippen LogP contribution >= 0.6 is 38.8 Å². The van der Waals surface area contributed by atoms with Crippen LogP contribution in [0.4, 0.5) is 0 Å². The van der Waals surface area contributed by atoms with E-state index < -0.39 is 17.2 Å². The van der Waals surface area contributed by atoms with Crippen LogP contribution in [0.3, 0.4) is 0 Å². The van der Waals surface area contributed by atoms with Crippen LogP contribution in [0.15, 0.2) is 0 Å². The molecule has 10 heteroatoms. The minimum atomic E-state index is -2.30. The second kappa shape index (κ2) is 8.90. The minimum Gasteiger partial charge on any atom is -0.328 e. The van der Waals surface area contributed by atoms with E-state index in [1.54, 1.807) is 0 Å². The van der Waals surface area contributed by atoms with Gasteiger partial charge in [-0.05, 0) is 0 Å². The van der Waals surface area contributed by atoms with Gasteiger partial charge in [-0.25, -0.2) is 0 Å². The molecule has 0 spiro atoms. The largest absolute Gasteiger partial charge is 0.328 e. The standard InChI is InChI=1S/C2H8O6P2S2/c3-9(4)7-1-11-12-2-8-10(5)6/h3-6H,1-2H2. The first-order valence-corrected chi connectivity index (χ1v) is 7.30. The molecule has 0 fully saturated rings. The lowest BCUT2D eigenvalue weighted by atomic mass is 11.7. The second-order valence-corrected chi connectivity index (χ2v) is 5.12. The van der Waals surface area contributed by atoms with E-state index in [-0.39, 0.29) is 11.9 Å². The molecule has 0 aromatic carbocycles. The highest BCUT2D eigenvalue weighted by molar-refractivity contribution is 8.76. The van der Waals surface area contributed by atoms with Crippen molar-refractivity contribution in [2.45, 2.75) is 0 Å². The summed E-state index contributed by atoms with van der Waals surface area (Å²) in [6.07, 6.45) is 0. The topological polar surface area (TPSA) is 99.4 Å². The Hall–Kier alpha value is 1.32. The SMILES string of the molecule is OP(O)OCSSCOP(O)O. The third-order valence-electron chi connectivity index (χ3n) is 0.516. The van der Waals surface area contributed by atoms with Gasteiger partial charge in [-0.3, -0.25) is 0 Å². The van der Waals surface area contributed by atoms with Crippen LogP contribution in [0, 0.1) is 0 Å². The highest BCUT2D eigenvalue weighted by Crippen LogP contribution is 2.33. The highest BCUT2D eigenvalue weighted by Gasteiger charge is 2.00. The van der Waals surface area contributed by atoms with Gasteiger partial charge in [0.15, 0.2) is 0 Å². The zero-order chi connectivity index (χ0) is 9.40. The normalized spacial score (nSPS) is 11.5. The van der Waals surface area contributed by atoms with E-state index in [2.05, 4.69) is 9.05 Å². The average Bonchev–Trinajstić information content (AvgIpc) is 1.95. The molecule has 4 N–H and O–H groups in total.